The van der Waals surface area contributed by atoms with E-state index in [1.54, 1.807) is 75.9 Å². The number of ether oxygens (including phenoxy) is 2. The second kappa shape index (κ2) is 31.3. The first-order valence-corrected chi connectivity index (χ1v) is 27.3. The van der Waals surface area contributed by atoms with Crippen molar-refractivity contribution in [3.63, 3.8) is 0 Å². The molecule has 6 rings (SSSR count). The molecule has 0 radical (unpaired) electrons. The van der Waals surface area contributed by atoms with Crippen LogP contribution < -0.4 is 26.6 Å². The predicted octanol–water partition coefficient (Wildman–Crippen LogP) is 4.79. The van der Waals surface area contributed by atoms with Crippen molar-refractivity contribution in [2.24, 2.45) is 0 Å². The fourth-order valence-electron chi connectivity index (χ4n) is 9.64. The monoisotopic (exact) mass is 1060 g/mol. The summed E-state index contributed by atoms with van der Waals surface area (Å²) in [5.41, 5.74) is 3.36. The van der Waals surface area contributed by atoms with Crippen molar-refractivity contribution in [2.45, 2.75) is 127 Å². The third-order valence-electron chi connectivity index (χ3n) is 14.6. The number of hydrogen-bond acceptors (Lipinski definition) is 11. The Morgan fingerprint density at radius 3 is 1.59 bits per heavy atom. The molecule has 0 spiro atoms. The number of ketones is 1. The zero-order valence-electron chi connectivity index (χ0n) is 46.0. The van der Waals surface area contributed by atoms with Crippen molar-refractivity contribution in [1.82, 2.24) is 41.3 Å². The number of carbonyl (C=O) groups excluding carboxylic acids is 6. The van der Waals surface area contributed by atoms with Crippen molar-refractivity contribution >= 4 is 35.3 Å². The van der Waals surface area contributed by atoms with Gasteiger partial charge >= 0.3 is 0 Å². The van der Waals surface area contributed by atoms with Gasteiger partial charge in [0.15, 0.2) is 5.78 Å². The van der Waals surface area contributed by atoms with Crippen molar-refractivity contribution in [1.29, 1.82) is 0 Å². The molecule has 0 bridgehead atoms. The standard InChI is InChI=1S/C62H78N8O8/c1-44(63-5)58(72)66-55(61(75)69-38-23-33-52(69)43-68(40-37-49-27-15-10-16-28-49)60(74)51-31-19-12-20-32-51)46(3)77-41-21-7-8-22-42-78-47(4)56(67-59(73)45(2)64-6)62(76)70-39-24-34-54(70)65-53(36-35-48-25-13-9-14-26-48)57(71)50-29-17-11-18-30-50/h9-20,25-32,44-47,52-56,63-65H,23-24,33-43H2,1-6H3,(H,66,72)(H,67,73)/t44-,45-,46+,47+,52-,53?,54-,55-,56-/m0/s1. The SMILES string of the molecule is CN[C@@H](C)C(=O)N[C@H](C(=O)N1CCC[C@H]1CN(CCc1ccccc1)C(=O)c1ccccc1)[C@@H](C)OCC#CC#CCO[C@H](C)[C@H](NC(=O)[C@H](C)NC)C(=O)N1CCC[C@H]1NC(CCc1ccccc1)C(=O)c1ccccc1. The normalized spacial score (nSPS) is 17.6. The number of carbonyl (C=O) groups is 6. The van der Waals surface area contributed by atoms with Gasteiger partial charge in [0.25, 0.3) is 5.91 Å². The second-order valence-electron chi connectivity index (χ2n) is 20.0. The highest BCUT2D eigenvalue weighted by molar-refractivity contribution is 6.00. The van der Waals surface area contributed by atoms with E-state index in [9.17, 15) is 28.8 Å². The van der Waals surface area contributed by atoms with Gasteiger partial charge in [-0.3, -0.25) is 34.1 Å². The fraction of sp³-hybridized carbons (Fsp3) is 0.452. The maximum absolute atomic E-state index is 14.5. The number of hydrogen-bond donors (Lipinski definition) is 5. The fourth-order valence-corrected chi connectivity index (χ4v) is 9.64. The molecule has 2 aliphatic heterocycles. The first-order chi connectivity index (χ1) is 37.8. The summed E-state index contributed by atoms with van der Waals surface area (Å²) in [5.74, 6) is 9.72. The van der Waals surface area contributed by atoms with Gasteiger partial charge in [0, 0.05) is 43.3 Å². The van der Waals surface area contributed by atoms with E-state index < -0.39 is 48.6 Å². The molecule has 414 valence electrons. The van der Waals surface area contributed by atoms with Gasteiger partial charge in [-0.2, -0.15) is 0 Å². The average molecular weight is 1060 g/mol. The van der Waals surface area contributed by atoms with Crippen LogP contribution in [-0.2, 0) is 41.5 Å². The van der Waals surface area contributed by atoms with E-state index >= 15 is 0 Å². The maximum atomic E-state index is 14.5. The van der Waals surface area contributed by atoms with Crippen molar-refractivity contribution in [3.8, 4) is 23.7 Å². The molecule has 2 aliphatic rings. The Morgan fingerprint density at radius 1 is 0.603 bits per heavy atom. The van der Waals surface area contributed by atoms with Gasteiger partial charge in [0.1, 0.15) is 25.3 Å². The smallest absolute Gasteiger partial charge is 0.253 e. The zero-order valence-corrected chi connectivity index (χ0v) is 46.0. The summed E-state index contributed by atoms with van der Waals surface area (Å²) in [6.07, 6.45) is 2.55. The van der Waals surface area contributed by atoms with E-state index in [1.165, 1.54) is 0 Å². The number of aryl methyl sites for hydroxylation is 1. The number of benzene rings is 4. The molecule has 5 amide bonds. The molecule has 1 unspecified atom stereocenters. The zero-order chi connectivity index (χ0) is 55.8. The predicted molar refractivity (Wildman–Crippen MR) is 302 cm³/mol. The maximum Gasteiger partial charge on any atom is 0.253 e. The minimum atomic E-state index is -1.07. The van der Waals surface area contributed by atoms with Crippen LogP contribution in [0.5, 0.6) is 0 Å². The summed E-state index contributed by atoms with van der Waals surface area (Å²) >= 11 is 0. The summed E-state index contributed by atoms with van der Waals surface area (Å²) in [6, 6.07) is 34.1. The van der Waals surface area contributed by atoms with Crippen molar-refractivity contribution < 1.29 is 38.2 Å². The highest BCUT2D eigenvalue weighted by Gasteiger charge is 2.40. The van der Waals surface area contributed by atoms with Crippen LogP contribution in [-0.4, -0.2) is 158 Å². The van der Waals surface area contributed by atoms with Gasteiger partial charge in [-0.15, -0.1) is 0 Å². The largest absolute Gasteiger partial charge is 0.363 e. The van der Waals surface area contributed by atoms with Crippen molar-refractivity contribution in [2.75, 3.05) is 53.5 Å². The number of nitrogens with zero attached hydrogens (tertiary/aromatic N) is 3. The quantitative estimate of drug-likeness (QED) is 0.0408. The Hall–Kier alpha value is -7.18. The Kier molecular flexibility index (Phi) is 24.1. The molecule has 16 nitrogen and oxygen atoms in total. The first-order valence-electron chi connectivity index (χ1n) is 27.3. The molecule has 0 aliphatic carbocycles. The summed E-state index contributed by atoms with van der Waals surface area (Å²) in [6.45, 7) is 8.31. The molecular formula is C62H78N8O8. The molecule has 9 atom stereocenters. The highest BCUT2D eigenvalue weighted by Crippen LogP contribution is 2.24. The number of rotatable bonds is 27. The number of likely N-dealkylation sites (tertiary alicyclic amines) is 2. The van der Waals surface area contributed by atoms with Crippen LogP contribution in [0.15, 0.2) is 121 Å². The minimum Gasteiger partial charge on any atom is -0.363 e. The van der Waals surface area contributed by atoms with Gasteiger partial charge in [0.05, 0.1) is 36.5 Å². The van der Waals surface area contributed by atoms with Crippen LogP contribution in [0, 0.1) is 23.7 Å². The van der Waals surface area contributed by atoms with Crippen LogP contribution >= 0.6 is 0 Å². The van der Waals surface area contributed by atoms with Crippen LogP contribution in [0.1, 0.15) is 91.6 Å². The lowest BCUT2D eigenvalue weighted by Gasteiger charge is -2.35. The van der Waals surface area contributed by atoms with E-state index in [1.807, 2.05) is 102 Å². The molecular weight excluding hydrogens is 985 g/mol. The number of Topliss-reactive ketones (excluding diaryl/α,β-unsaturated/α-hetero) is 1. The Balaban J connectivity index is 1.08. The van der Waals surface area contributed by atoms with E-state index in [-0.39, 0.29) is 54.6 Å². The van der Waals surface area contributed by atoms with Gasteiger partial charge < -0.3 is 45.4 Å². The van der Waals surface area contributed by atoms with Gasteiger partial charge in [0.2, 0.25) is 23.6 Å². The highest BCUT2D eigenvalue weighted by atomic mass is 16.5. The molecule has 4 aromatic rings. The summed E-state index contributed by atoms with van der Waals surface area (Å²) < 4.78 is 12.2. The number of amides is 5. The van der Waals surface area contributed by atoms with E-state index in [4.69, 9.17) is 9.47 Å². The number of likely N-dealkylation sites (N-methyl/N-ethyl adjacent to an activating group) is 2. The first kappa shape index (κ1) is 60.1. The summed E-state index contributed by atoms with van der Waals surface area (Å²) in [5, 5.41) is 15.2. The molecule has 2 saturated heterocycles. The lowest BCUT2D eigenvalue weighted by molar-refractivity contribution is -0.142. The molecule has 4 aromatic carbocycles. The lowest BCUT2D eigenvalue weighted by atomic mass is 9.97. The van der Waals surface area contributed by atoms with E-state index in [0.717, 1.165) is 17.5 Å². The molecule has 0 saturated carbocycles. The Morgan fingerprint density at radius 2 is 1.06 bits per heavy atom. The second-order valence-corrected chi connectivity index (χ2v) is 20.0. The van der Waals surface area contributed by atoms with E-state index in [2.05, 4.69) is 50.3 Å². The van der Waals surface area contributed by atoms with Gasteiger partial charge in [-0.05, 0) is 122 Å². The van der Waals surface area contributed by atoms with Gasteiger partial charge in [-0.25, -0.2) is 0 Å². The number of nitrogens with one attached hydrogen (secondary N) is 5. The van der Waals surface area contributed by atoms with Gasteiger partial charge in [-0.1, -0.05) is 121 Å². The average Bonchev–Trinajstić information content (AvgIpc) is 4.17. The summed E-state index contributed by atoms with van der Waals surface area (Å²) in [7, 11) is 3.33. The third kappa shape index (κ3) is 17.7. The lowest BCUT2D eigenvalue weighted by Crippen LogP contribution is -2.60. The topological polar surface area (TPSA) is 191 Å². The van der Waals surface area contributed by atoms with Crippen molar-refractivity contribution in [3.05, 3.63) is 144 Å². The molecule has 5 N–H and O–H groups in total. The molecule has 0 aromatic heterocycles. The van der Waals surface area contributed by atoms with Crippen LogP contribution in [0.25, 0.3) is 0 Å². The molecule has 2 fully saturated rings. The Labute approximate surface area is 461 Å². The molecule has 2 heterocycles. The van der Waals surface area contributed by atoms with Crippen LogP contribution in [0.2, 0.25) is 0 Å². The minimum absolute atomic E-state index is 0.0558. The van der Waals surface area contributed by atoms with Crippen LogP contribution in [0.4, 0.5) is 0 Å². The molecule has 78 heavy (non-hydrogen) atoms. The Bertz CT molecular complexity index is 2510. The molecule has 16 heteroatoms. The third-order valence-corrected chi connectivity index (χ3v) is 14.6. The van der Waals surface area contributed by atoms with E-state index in [0.29, 0.717) is 75.8 Å². The summed E-state index contributed by atoms with van der Waals surface area (Å²) in [4.78, 5) is 88.9. The van der Waals surface area contributed by atoms with Crippen LogP contribution in [0.3, 0.4) is 0 Å².